The van der Waals surface area contributed by atoms with Crippen molar-refractivity contribution in [3.05, 3.63) is 0 Å². The fourth-order valence-corrected chi connectivity index (χ4v) is 2.03. The molecular weight excluding hydrogens is 272 g/mol. The van der Waals surface area contributed by atoms with Gasteiger partial charge in [0.05, 0.1) is 5.92 Å². The van der Waals surface area contributed by atoms with Gasteiger partial charge in [0, 0.05) is 26.3 Å². The number of urea groups is 1. The summed E-state index contributed by atoms with van der Waals surface area (Å²) in [7, 11) is 0. The first-order chi connectivity index (χ1) is 9.99. The maximum absolute atomic E-state index is 11.6. The second kappa shape index (κ2) is 9.60. The van der Waals surface area contributed by atoms with Crippen LogP contribution in [0.3, 0.4) is 0 Å². The molecule has 6 heteroatoms. The number of carboxylic acid groups (broad SMARTS) is 1. The zero-order chi connectivity index (χ0) is 15.7. The summed E-state index contributed by atoms with van der Waals surface area (Å²) in [6.45, 7) is 6.13. The topological polar surface area (TPSA) is 87.7 Å². The van der Waals surface area contributed by atoms with E-state index in [2.05, 4.69) is 10.6 Å². The average molecular weight is 300 g/mol. The smallest absolute Gasteiger partial charge is 0.314 e. The molecule has 1 saturated carbocycles. The molecule has 0 aliphatic heterocycles. The number of carbonyl (C=O) groups excluding carboxylic acids is 1. The van der Waals surface area contributed by atoms with Crippen molar-refractivity contribution in [2.24, 2.45) is 17.8 Å². The van der Waals surface area contributed by atoms with Gasteiger partial charge in [-0.15, -0.1) is 0 Å². The summed E-state index contributed by atoms with van der Waals surface area (Å²) >= 11 is 0. The standard InChI is InChI=1S/C15H28N2O4/c1-11(2)8-13(14(18)19)9-17-15(20)16-6-3-7-21-10-12-4-5-12/h11-13H,3-10H2,1-2H3,(H,18,19)(H2,16,17,20). The lowest BCUT2D eigenvalue weighted by Crippen LogP contribution is -2.40. The van der Waals surface area contributed by atoms with Gasteiger partial charge in [-0.25, -0.2) is 4.79 Å². The summed E-state index contributed by atoms with van der Waals surface area (Å²) in [4.78, 5) is 22.6. The van der Waals surface area contributed by atoms with Gasteiger partial charge in [0.1, 0.15) is 0 Å². The van der Waals surface area contributed by atoms with E-state index in [9.17, 15) is 9.59 Å². The van der Waals surface area contributed by atoms with Crippen LogP contribution in [0.2, 0.25) is 0 Å². The van der Waals surface area contributed by atoms with Gasteiger partial charge in [-0.1, -0.05) is 13.8 Å². The molecule has 2 amide bonds. The van der Waals surface area contributed by atoms with Crippen molar-refractivity contribution < 1.29 is 19.4 Å². The van der Waals surface area contributed by atoms with Gasteiger partial charge in [-0.2, -0.15) is 0 Å². The van der Waals surface area contributed by atoms with Gasteiger partial charge in [0.2, 0.25) is 0 Å². The Kier molecular flexibility index (Phi) is 8.12. The average Bonchev–Trinajstić information content (AvgIpc) is 3.22. The monoisotopic (exact) mass is 300 g/mol. The minimum atomic E-state index is -0.863. The molecule has 1 rings (SSSR count). The summed E-state index contributed by atoms with van der Waals surface area (Å²) in [5.74, 6) is -0.343. The number of ether oxygens (including phenoxy) is 1. The Morgan fingerprint density at radius 3 is 2.57 bits per heavy atom. The first-order valence-corrected chi connectivity index (χ1v) is 7.81. The second-order valence-electron chi connectivity index (χ2n) is 6.17. The van der Waals surface area contributed by atoms with Gasteiger partial charge < -0.3 is 20.5 Å². The van der Waals surface area contributed by atoms with Crippen LogP contribution in [-0.2, 0) is 9.53 Å². The van der Waals surface area contributed by atoms with Crippen LogP contribution >= 0.6 is 0 Å². The van der Waals surface area contributed by atoms with Crippen LogP contribution in [0, 0.1) is 17.8 Å². The third kappa shape index (κ3) is 9.28. The molecule has 122 valence electrons. The highest BCUT2D eigenvalue weighted by atomic mass is 16.5. The zero-order valence-electron chi connectivity index (χ0n) is 13.1. The van der Waals surface area contributed by atoms with Crippen LogP contribution in [0.5, 0.6) is 0 Å². The van der Waals surface area contributed by atoms with Gasteiger partial charge in [-0.3, -0.25) is 4.79 Å². The van der Waals surface area contributed by atoms with Crippen LogP contribution in [-0.4, -0.2) is 43.4 Å². The summed E-state index contributed by atoms with van der Waals surface area (Å²) in [5.41, 5.74) is 0. The Hall–Kier alpha value is -1.30. The molecule has 0 aromatic heterocycles. The number of rotatable bonds is 11. The van der Waals surface area contributed by atoms with Crippen LogP contribution in [0.4, 0.5) is 4.79 Å². The molecule has 21 heavy (non-hydrogen) atoms. The van der Waals surface area contributed by atoms with Crippen molar-refractivity contribution in [1.82, 2.24) is 10.6 Å². The third-order valence-electron chi connectivity index (χ3n) is 3.42. The Morgan fingerprint density at radius 2 is 2.00 bits per heavy atom. The van der Waals surface area contributed by atoms with Crippen molar-refractivity contribution in [2.75, 3.05) is 26.3 Å². The van der Waals surface area contributed by atoms with E-state index in [4.69, 9.17) is 9.84 Å². The van der Waals surface area contributed by atoms with E-state index in [1.807, 2.05) is 13.8 Å². The van der Waals surface area contributed by atoms with E-state index in [0.29, 0.717) is 25.5 Å². The Bertz CT molecular complexity index is 330. The highest BCUT2D eigenvalue weighted by Crippen LogP contribution is 2.28. The summed E-state index contributed by atoms with van der Waals surface area (Å²) in [5, 5.41) is 14.4. The van der Waals surface area contributed by atoms with E-state index in [0.717, 1.165) is 18.9 Å². The molecule has 1 fully saturated rings. The fourth-order valence-electron chi connectivity index (χ4n) is 2.03. The predicted octanol–water partition coefficient (Wildman–Crippen LogP) is 1.85. The largest absolute Gasteiger partial charge is 0.481 e. The Labute approximate surface area is 126 Å². The highest BCUT2D eigenvalue weighted by Gasteiger charge is 2.21. The van der Waals surface area contributed by atoms with Crippen molar-refractivity contribution in [3.63, 3.8) is 0 Å². The minimum Gasteiger partial charge on any atom is -0.481 e. The second-order valence-corrected chi connectivity index (χ2v) is 6.17. The third-order valence-corrected chi connectivity index (χ3v) is 3.42. The SMILES string of the molecule is CC(C)CC(CNC(=O)NCCCOCC1CC1)C(=O)O. The molecule has 0 aromatic carbocycles. The molecule has 1 unspecified atom stereocenters. The quantitative estimate of drug-likeness (QED) is 0.508. The van der Waals surface area contributed by atoms with E-state index in [1.165, 1.54) is 12.8 Å². The maximum Gasteiger partial charge on any atom is 0.314 e. The lowest BCUT2D eigenvalue weighted by atomic mass is 9.97. The Balaban J connectivity index is 2.01. The van der Waals surface area contributed by atoms with Gasteiger partial charge in [0.15, 0.2) is 0 Å². The van der Waals surface area contributed by atoms with Crippen molar-refractivity contribution in [3.8, 4) is 0 Å². The van der Waals surface area contributed by atoms with Crippen molar-refractivity contribution in [2.45, 2.75) is 39.5 Å². The number of carboxylic acids is 1. The van der Waals surface area contributed by atoms with E-state index < -0.39 is 11.9 Å². The molecule has 1 aliphatic carbocycles. The molecule has 1 atom stereocenters. The van der Waals surface area contributed by atoms with E-state index >= 15 is 0 Å². The lowest BCUT2D eigenvalue weighted by Gasteiger charge is -2.15. The van der Waals surface area contributed by atoms with Gasteiger partial charge in [0.25, 0.3) is 0 Å². The number of hydrogen-bond acceptors (Lipinski definition) is 3. The highest BCUT2D eigenvalue weighted by molar-refractivity contribution is 5.75. The maximum atomic E-state index is 11.6. The summed E-state index contributed by atoms with van der Waals surface area (Å²) in [6.07, 6.45) is 3.89. The fraction of sp³-hybridized carbons (Fsp3) is 0.867. The van der Waals surface area contributed by atoms with Crippen molar-refractivity contribution in [1.29, 1.82) is 0 Å². The van der Waals surface area contributed by atoms with Crippen LogP contribution < -0.4 is 10.6 Å². The first kappa shape index (κ1) is 17.8. The molecule has 3 N–H and O–H groups in total. The molecule has 0 radical (unpaired) electrons. The van der Waals surface area contributed by atoms with Gasteiger partial charge >= 0.3 is 12.0 Å². The predicted molar refractivity (Wildman–Crippen MR) is 80.1 cm³/mol. The molecule has 0 bridgehead atoms. The number of amides is 2. The normalized spacial score (nSPS) is 15.8. The Morgan fingerprint density at radius 1 is 1.29 bits per heavy atom. The molecule has 1 aliphatic rings. The molecule has 0 aromatic rings. The van der Waals surface area contributed by atoms with Crippen LogP contribution in [0.1, 0.15) is 39.5 Å². The number of nitrogens with one attached hydrogen (secondary N) is 2. The van der Waals surface area contributed by atoms with E-state index in [1.54, 1.807) is 0 Å². The van der Waals surface area contributed by atoms with E-state index in [-0.39, 0.29) is 12.6 Å². The molecule has 0 saturated heterocycles. The molecular formula is C15H28N2O4. The molecule has 0 spiro atoms. The summed E-state index contributed by atoms with van der Waals surface area (Å²) < 4.78 is 5.46. The number of aliphatic carboxylic acids is 1. The van der Waals surface area contributed by atoms with Gasteiger partial charge in [-0.05, 0) is 37.5 Å². The molecule has 6 nitrogen and oxygen atoms in total. The van der Waals surface area contributed by atoms with Crippen molar-refractivity contribution >= 4 is 12.0 Å². The zero-order valence-corrected chi connectivity index (χ0v) is 13.1. The lowest BCUT2D eigenvalue weighted by molar-refractivity contribution is -0.142. The molecule has 0 heterocycles. The minimum absolute atomic E-state index is 0.164. The number of carbonyl (C=O) groups is 2. The summed E-state index contributed by atoms with van der Waals surface area (Å²) in [6, 6.07) is -0.313. The van der Waals surface area contributed by atoms with Crippen LogP contribution in [0.25, 0.3) is 0 Å². The first-order valence-electron chi connectivity index (χ1n) is 7.81. The van der Waals surface area contributed by atoms with Crippen LogP contribution in [0.15, 0.2) is 0 Å². The number of hydrogen-bond donors (Lipinski definition) is 3.